The lowest BCUT2D eigenvalue weighted by molar-refractivity contribution is 0.102. The fourth-order valence-electron chi connectivity index (χ4n) is 4.30. The van der Waals surface area contributed by atoms with Gasteiger partial charge in [0.2, 0.25) is 0 Å². The van der Waals surface area contributed by atoms with Crippen LogP contribution >= 0.6 is 11.3 Å². The van der Waals surface area contributed by atoms with E-state index in [1.54, 1.807) is 56.4 Å². The Bertz CT molecular complexity index is 1620. The van der Waals surface area contributed by atoms with Gasteiger partial charge < -0.3 is 15.4 Å². The molecule has 3 aromatic carbocycles. The molecular formula is C30H35N4O5S2+. The third-order valence-corrected chi connectivity index (χ3v) is 8.52. The van der Waals surface area contributed by atoms with E-state index in [-0.39, 0.29) is 29.6 Å². The number of hydrogen-bond acceptors (Lipinski definition) is 6. The highest BCUT2D eigenvalue weighted by molar-refractivity contribution is 7.98. The normalized spacial score (nSPS) is 13.0. The zero-order chi connectivity index (χ0) is 29.9. The molecule has 216 valence electrons. The van der Waals surface area contributed by atoms with Gasteiger partial charge >= 0.3 is 10.4 Å². The van der Waals surface area contributed by atoms with Gasteiger partial charge in [0.1, 0.15) is 0 Å². The molecule has 0 fully saturated rings. The lowest BCUT2D eigenvalue weighted by Crippen LogP contribution is -2.44. The molecule has 0 aliphatic heterocycles. The van der Waals surface area contributed by atoms with E-state index in [4.69, 9.17) is 4.74 Å². The third-order valence-electron chi connectivity index (χ3n) is 6.28. The molecule has 4 aromatic rings. The smallest absolute Gasteiger partial charge is 0.324 e. The van der Waals surface area contributed by atoms with Crippen LogP contribution in [0, 0.1) is 0 Å². The molecule has 11 heteroatoms. The predicted octanol–water partition coefficient (Wildman–Crippen LogP) is 6.56. The lowest BCUT2D eigenvalue weighted by atomic mass is 9.86. The van der Waals surface area contributed by atoms with Crippen LogP contribution < -0.4 is 25.2 Å². The summed E-state index contributed by atoms with van der Waals surface area (Å²) in [7, 11) is -1.93. The van der Waals surface area contributed by atoms with Crippen LogP contribution in [0.5, 0.6) is 5.75 Å². The van der Waals surface area contributed by atoms with Gasteiger partial charge in [-0.1, -0.05) is 55.5 Å². The predicted molar refractivity (Wildman–Crippen MR) is 169 cm³/mol. The molecule has 1 aromatic heterocycles. The highest BCUT2D eigenvalue weighted by Gasteiger charge is 2.34. The summed E-state index contributed by atoms with van der Waals surface area (Å²) in [5, 5.41) is 6.73. The number of rotatable bonds is 9. The molecular weight excluding hydrogens is 560 g/mol. The van der Waals surface area contributed by atoms with Crippen molar-refractivity contribution in [1.29, 1.82) is 0 Å². The van der Waals surface area contributed by atoms with E-state index in [0.717, 1.165) is 20.1 Å². The third kappa shape index (κ3) is 6.76. The van der Waals surface area contributed by atoms with E-state index in [0.29, 0.717) is 27.5 Å². The van der Waals surface area contributed by atoms with Crippen molar-refractivity contribution in [2.75, 3.05) is 35.0 Å². The Morgan fingerprint density at radius 1 is 0.976 bits per heavy atom. The quantitative estimate of drug-likeness (QED) is 0.129. The average molecular weight is 596 g/mol. The minimum atomic E-state index is -3.47. The van der Waals surface area contributed by atoms with Crippen LogP contribution in [-0.4, -0.2) is 36.3 Å². The Hall–Kier alpha value is -3.77. The van der Waals surface area contributed by atoms with Crippen molar-refractivity contribution >= 4 is 60.7 Å². The Balaban J connectivity index is 1.74. The van der Waals surface area contributed by atoms with E-state index in [9.17, 15) is 18.4 Å². The highest BCUT2D eigenvalue weighted by atomic mass is 32.3. The second-order valence-electron chi connectivity index (χ2n) is 10.4. The second kappa shape index (κ2) is 12.0. The molecule has 0 radical (unpaired) electrons. The first-order valence-electron chi connectivity index (χ1n) is 13.0. The maximum Gasteiger partial charge on any atom is 0.324 e. The zero-order valence-corrected chi connectivity index (χ0v) is 25.5. The van der Waals surface area contributed by atoms with Crippen molar-refractivity contribution < 1.29 is 23.1 Å². The molecule has 2 amide bonds. The first-order valence-corrected chi connectivity index (χ1v) is 15.7. The molecule has 1 atom stereocenters. The number of nitrogens with one attached hydrogen (secondary N) is 3. The molecule has 0 spiro atoms. The molecule has 0 bridgehead atoms. The number of hydrogen-bond donors (Lipinski definition) is 4. The first kappa shape index (κ1) is 30.2. The Kier molecular flexibility index (Phi) is 8.83. The number of carbonyl (C=O) groups is 2. The number of fused-ring (bicyclic) bond motifs is 1. The van der Waals surface area contributed by atoms with Crippen molar-refractivity contribution in [3.05, 3.63) is 82.7 Å². The maximum atomic E-state index is 13.6. The summed E-state index contributed by atoms with van der Waals surface area (Å²) in [6.07, 6.45) is 1.20. The largest absolute Gasteiger partial charge is 0.489 e. The van der Waals surface area contributed by atoms with Gasteiger partial charge in [0.25, 0.3) is 11.8 Å². The van der Waals surface area contributed by atoms with Gasteiger partial charge in [0.15, 0.2) is 17.7 Å². The second-order valence-corrected chi connectivity index (χ2v) is 13.4. The van der Waals surface area contributed by atoms with Crippen LogP contribution in [0.4, 0.5) is 17.1 Å². The number of hydrazine groups is 1. The van der Waals surface area contributed by atoms with E-state index >= 15 is 0 Å². The fraction of sp³-hybridized carbons (Fsp3) is 0.267. The van der Waals surface area contributed by atoms with Crippen molar-refractivity contribution in [1.82, 2.24) is 5.43 Å². The van der Waals surface area contributed by atoms with Gasteiger partial charge in [-0.3, -0.25) is 9.59 Å². The molecule has 41 heavy (non-hydrogen) atoms. The molecule has 4 rings (SSSR count). The number of nitrogens with zero attached hydrogens (tertiary/aromatic N) is 1. The number of benzene rings is 3. The van der Waals surface area contributed by atoms with Crippen molar-refractivity contribution in [3.8, 4) is 5.75 Å². The Morgan fingerprint density at radius 2 is 1.66 bits per heavy atom. The van der Waals surface area contributed by atoms with Gasteiger partial charge in [-0.2, -0.15) is 9.98 Å². The molecule has 1 heterocycles. The Morgan fingerprint density at radius 3 is 2.27 bits per heavy atom. The molecule has 1 unspecified atom stereocenters. The van der Waals surface area contributed by atoms with Gasteiger partial charge in [0, 0.05) is 12.6 Å². The number of thiophene rings is 1. The standard InChI is InChI=1S/C30H34N4O5S2/c1-7-39-26-23(17-21(30(2,3)4)18-24(26)34(31-5)41(6,37)38)33-29(36)25-16-20-14-11-15-22(27(20)40-25)32-28(35)19-12-9-8-10-13-19/h8-18,31H,7H2,1-6H3,(H2-,32,33,35,36,37,38)/p+1. The van der Waals surface area contributed by atoms with Crippen LogP contribution in [0.15, 0.2) is 66.7 Å². The summed E-state index contributed by atoms with van der Waals surface area (Å²) in [4.78, 5) is 26.8. The summed E-state index contributed by atoms with van der Waals surface area (Å²) < 4.78 is 31.0. The summed E-state index contributed by atoms with van der Waals surface area (Å²) in [6, 6.07) is 19.8. The number of amides is 2. The molecule has 9 nitrogen and oxygen atoms in total. The first-order chi connectivity index (χ1) is 19.3. The summed E-state index contributed by atoms with van der Waals surface area (Å²) in [6.45, 7) is 8.12. The van der Waals surface area contributed by atoms with E-state index < -0.39 is 10.4 Å². The van der Waals surface area contributed by atoms with Crippen LogP contribution in [0.25, 0.3) is 10.1 Å². The van der Waals surface area contributed by atoms with Gasteiger partial charge in [-0.05, 0) is 63.9 Å². The SMILES string of the molecule is CCOc1c(NC(=O)c2cc3cccc(NC(=O)c4ccccc4)c3s2)cc(C(C)(C)C)cc1N(NC)[S+](C)(=O)O. The van der Waals surface area contributed by atoms with Crippen molar-refractivity contribution in [2.45, 2.75) is 33.1 Å². The molecule has 0 aliphatic carbocycles. The molecule has 4 N–H and O–H groups in total. The summed E-state index contributed by atoms with van der Waals surface area (Å²) in [5.41, 5.74) is 5.12. The topological polar surface area (TPSA) is 120 Å². The van der Waals surface area contributed by atoms with E-state index in [1.807, 2.05) is 45.0 Å². The average Bonchev–Trinajstić information content (AvgIpc) is 3.35. The van der Waals surface area contributed by atoms with Gasteiger partial charge in [-0.15, -0.1) is 11.3 Å². The van der Waals surface area contributed by atoms with Gasteiger partial charge in [0.05, 0.1) is 27.6 Å². The number of carbonyl (C=O) groups excluding carboxylic acids is 2. The van der Waals surface area contributed by atoms with Crippen LogP contribution in [0.2, 0.25) is 0 Å². The van der Waals surface area contributed by atoms with Crippen LogP contribution in [0.3, 0.4) is 0 Å². The number of ether oxygens (including phenoxy) is 1. The minimum Gasteiger partial charge on any atom is -0.489 e. The van der Waals surface area contributed by atoms with Crippen LogP contribution in [-0.2, 0) is 20.0 Å². The van der Waals surface area contributed by atoms with Crippen LogP contribution in [0.1, 0.15) is 53.3 Å². The molecule has 0 aliphatic rings. The van der Waals surface area contributed by atoms with Gasteiger partial charge in [-0.25, -0.2) is 0 Å². The monoisotopic (exact) mass is 595 g/mol. The van der Waals surface area contributed by atoms with Crippen molar-refractivity contribution in [3.63, 3.8) is 0 Å². The zero-order valence-electron chi connectivity index (χ0n) is 23.9. The van der Waals surface area contributed by atoms with E-state index in [1.165, 1.54) is 17.6 Å². The minimum absolute atomic E-state index is 0.240. The highest BCUT2D eigenvalue weighted by Crippen LogP contribution is 2.42. The fourth-order valence-corrected chi connectivity index (χ4v) is 6.16. The van der Waals surface area contributed by atoms with E-state index in [2.05, 4.69) is 16.1 Å². The maximum absolute atomic E-state index is 13.6. The Labute approximate surface area is 245 Å². The molecule has 0 saturated carbocycles. The lowest BCUT2D eigenvalue weighted by Gasteiger charge is -2.27. The molecule has 0 saturated heterocycles. The summed E-state index contributed by atoms with van der Waals surface area (Å²) >= 11 is 1.26. The van der Waals surface area contributed by atoms with Crippen molar-refractivity contribution in [2.24, 2.45) is 0 Å². The number of anilines is 3. The summed E-state index contributed by atoms with van der Waals surface area (Å²) in [5.74, 6) is -0.346.